The minimum atomic E-state index is -0.761. The maximum atomic E-state index is 15.3. The molecular formula is C43H42ClFN6O4. The Morgan fingerprint density at radius 1 is 1.07 bits per heavy atom. The maximum absolute atomic E-state index is 15.3. The number of benzene rings is 3. The zero-order chi connectivity index (χ0) is 38.6. The molecule has 8 rings (SSSR count). The largest absolute Gasteiger partial charge is 0.361 e. The Hall–Kier alpha value is -5.34. The highest BCUT2D eigenvalue weighted by atomic mass is 35.5. The fourth-order valence-corrected chi connectivity index (χ4v) is 8.91. The molecule has 3 aromatic carbocycles. The minimum Gasteiger partial charge on any atom is -0.361 e. The molecule has 55 heavy (non-hydrogen) atoms. The topological polar surface area (TPSA) is 132 Å². The minimum absolute atomic E-state index is 0.101. The molecule has 1 saturated heterocycles. The Kier molecular flexibility index (Phi) is 9.58. The summed E-state index contributed by atoms with van der Waals surface area (Å²) in [6.45, 7) is 6.84. The van der Waals surface area contributed by atoms with E-state index in [2.05, 4.69) is 57.6 Å². The first-order valence-corrected chi connectivity index (χ1v) is 19.4. The fraction of sp³-hybridized carbons (Fsp3) is 0.395. The van der Waals surface area contributed by atoms with Crippen LogP contribution in [-0.4, -0.2) is 46.6 Å². The van der Waals surface area contributed by atoms with Crippen LogP contribution in [0.3, 0.4) is 0 Å². The molecule has 1 unspecified atom stereocenters. The van der Waals surface area contributed by atoms with E-state index in [1.807, 2.05) is 32.2 Å². The third kappa shape index (κ3) is 6.93. The first-order valence-electron chi connectivity index (χ1n) is 19.0. The average Bonchev–Trinajstić information content (AvgIpc) is 3.81. The van der Waals surface area contributed by atoms with Crippen LogP contribution in [0.1, 0.15) is 89.9 Å². The molecular weight excluding hydrogens is 719 g/mol. The van der Waals surface area contributed by atoms with Gasteiger partial charge in [-0.2, -0.15) is 5.26 Å². The van der Waals surface area contributed by atoms with Crippen LogP contribution < -0.4 is 10.2 Å². The number of rotatable bonds is 9. The molecule has 4 aliphatic rings. The van der Waals surface area contributed by atoms with E-state index >= 15 is 4.39 Å². The number of nitrogens with zero attached hydrogens (tertiary/aromatic N) is 5. The normalized spacial score (nSPS) is 21.8. The van der Waals surface area contributed by atoms with Crippen LogP contribution in [0, 0.1) is 49.8 Å². The van der Waals surface area contributed by atoms with Crippen molar-refractivity contribution in [2.24, 2.45) is 16.8 Å². The number of fused-ring (bicyclic) bond motifs is 1. The molecule has 3 heterocycles. The van der Waals surface area contributed by atoms with Gasteiger partial charge in [-0.05, 0) is 130 Å². The van der Waals surface area contributed by atoms with Gasteiger partial charge in [-0.1, -0.05) is 35.0 Å². The molecule has 4 aromatic rings. The summed E-state index contributed by atoms with van der Waals surface area (Å²) >= 11 is 6.92. The van der Waals surface area contributed by atoms with Crippen LogP contribution in [0.5, 0.6) is 0 Å². The number of carbonyl (C=O) groups excluding carboxylic acids is 3. The molecule has 3 amide bonds. The molecule has 12 heteroatoms. The van der Waals surface area contributed by atoms with Gasteiger partial charge in [0, 0.05) is 53.2 Å². The molecule has 0 radical (unpaired) electrons. The molecule has 2 aliphatic carbocycles. The van der Waals surface area contributed by atoms with Crippen molar-refractivity contribution in [3.05, 3.63) is 93.1 Å². The van der Waals surface area contributed by atoms with E-state index < -0.39 is 23.2 Å². The van der Waals surface area contributed by atoms with Crippen molar-refractivity contribution >= 4 is 52.6 Å². The lowest BCUT2D eigenvalue weighted by Gasteiger charge is -2.34. The quantitative estimate of drug-likeness (QED) is 0.133. The third-order valence-electron chi connectivity index (χ3n) is 11.9. The lowest BCUT2D eigenvalue weighted by atomic mass is 9.82. The molecule has 2 aliphatic heterocycles. The van der Waals surface area contributed by atoms with Gasteiger partial charge in [-0.15, -0.1) is 0 Å². The molecule has 1 aromatic heterocycles. The first-order chi connectivity index (χ1) is 26.4. The van der Waals surface area contributed by atoms with Crippen molar-refractivity contribution in [1.82, 2.24) is 15.4 Å². The molecule has 0 bridgehead atoms. The number of imide groups is 1. The van der Waals surface area contributed by atoms with Gasteiger partial charge in [0.25, 0.3) is 5.91 Å². The first kappa shape index (κ1) is 36.6. The van der Waals surface area contributed by atoms with E-state index in [9.17, 15) is 19.6 Å². The summed E-state index contributed by atoms with van der Waals surface area (Å²) in [5.41, 5.74) is 7.31. The van der Waals surface area contributed by atoms with Crippen molar-refractivity contribution in [2.45, 2.75) is 90.1 Å². The maximum Gasteiger partial charge on any atom is 0.255 e. The highest BCUT2D eigenvalue weighted by Gasteiger charge is 2.46. The van der Waals surface area contributed by atoms with Crippen molar-refractivity contribution in [1.29, 1.82) is 5.26 Å². The van der Waals surface area contributed by atoms with Crippen LogP contribution in [-0.2, 0) is 21.5 Å². The van der Waals surface area contributed by atoms with Crippen LogP contribution in [0.2, 0.25) is 5.02 Å². The highest BCUT2D eigenvalue weighted by molar-refractivity contribution is 6.32. The van der Waals surface area contributed by atoms with Crippen LogP contribution in [0.25, 0.3) is 11.1 Å². The highest BCUT2D eigenvalue weighted by Crippen LogP contribution is 2.51. The molecule has 10 nitrogen and oxygen atoms in total. The Morgan fingerprint density at radius 2 is 1.85 bits per heavy atom. The number of nitriles is 1. The lowest BCUT2D eigenvalue weighted by molar-refractivity contribution is -0.136. The molecule has 1 atom stereocenters. The van der Waals surface area contributed by atoms with Gasteiger partial charge < -0.3 is 14.3 Å². The second-order valence-electron chi connectivity index (χ2n) is 15.6. The van der Waals surface area contributed by atoms with Crippen LogP contribution in [0.15, 0.2) is 58.0 Å². The number of piperidine rings is 1. The lowest BCUT2D eigenvalue weighted by Crippen LogP contribution is -2.52. The predicted octanol–water partition coefficient (Wildman–Crippen LogP) is 8.72. The van der Waals surface area contributed by atoms with E-state index in [0.29, 0.717) is 22.1 Å². The number of aryl methyl sites for hydroxylation is 3. The molecule has 1 N–H and O–H groups in total. The van der Waals surface area contributed by atoms with Crippen molar-refractivity contribution < 1.29 is 23.3 Å². The van der Waals surface area contributed by atoms with Crippen molar-refractivity contribution in [3.8, 4) is 17.2 Å². The summed E-state index contributed by atoms with van der Waals surface area (Å²) in [6, 6.07) is 17.0. The number of nitrogens with one attached hydrogen (secondary N) is 1. The smallest absolute Gasteiger partial charge is 0.255 e. The fourth-order valence-electron chi connectivity index (χ4n) is 8.56. The predicted molar refractivity (Wildman–Crippen MR) is 207 cm³/mol. The third-order valence-corrected chi connectivity index (χ3v) is 12.2. The molecule has 2 saturated carbocycles. The van der Waals surface area contributed by atoms with E-state index in [-0.39, 0.29) is 42.8 Å². The summed E-state index contributed by atoms with van der Waals surface area (Å²) in [4.78, 5) is 45.7. The van der Waals surface area contributed by atoms with Gasteiger partial charge in [-0.25, -0.2) is 4.39 Å². The summed E-state index contributed by atoms with van der Waals surface area (Å²) in [5, 5.41) is 17.0. The van der Waals surface area contributed by atoms with Gasteiger partial charge in [0.2, 0.25) is 11.8 Å². The molecule has 282 valence electrons. The summed E-state index contributed by atoms with van der Waals surface area (Å²) < 4.78 is 20.8. The molecule has 3 fully saturated rings. The van der Waals surface area contributed by atoms with Crippen LogP contribution in [0.4, 0.5) is 21.5 Å². The average molecular weight is 761 g/mol. The number of amides is 3. The van der Waals surface area contributed by atoms with Crippen molar-refractivity contribution in [3.63, 3.8) is 0 Å². The number of anilines is 2. The summed E-state index contributed by atoms with van der Waals surface area (Å²) in [5.74, 6) is -0.464. The zero-order valence-corrected chi connectivity index (χ0v) is 31.9. The number of aliphatic imine (C=N–C) groups is 1. The monoisotopic (exact) mass is 760 g/mol. The number of carbonyl (C=O) groups is 3. The van der Waals surface area contributed by atoms with E-state index in [0.717, 1.165) is 90.2 Å². The number of aromatic nitrogens is 1. The SMILES string of the molecule is Cc1ccc(-c2c(C)noc2C)cc1N(CC1CCC(/C=N/c2cc3c(cc2F)CN(C2CCC(=O)NC2=O)C3=O)CC1)c1ccc(C2(C#N)CC2)c(Cl)c1. The van der Waals surface area contributed by atoms with Crippen molar-refractivity contribution in [2.75, 3.05) is 11.4 Å². The van der Waals surface area contributed by atoms with Gasteiger partial charge >= 0.3 is 0 Å². The number of hydrogen-bond donors (Lipinski definition) is 1. The van der Waals surface area contributed by atoms with Gasteiger partial charge in [0.05, 0.1) is 22.9 Å². The Bertz CT molecular complexity index is 2280. The van der Waals surface area contributed by atoms with E-state index in [1.165, 1.54) is 17.0 Å². The Labute approximate surface area is 324 Å². The summed E-state index contributed by atoms with van der Waals surface area (Å²) in [7, 11) is 0. The van der Waals surface area contributed by atoms with Gasteiger partial charge in [0.15, 0.2) is 0 Å². The number of hydrogen-bond acceptors (Lipinski definition) is 8. The standard InChI is InChI=1S/C43H42ClFN6O4/c1-24-4-9-29(40-25(2)49-55-26(40)3)17-38(24)50(31-10-11-33(34(44)18-31)43(23-46)14-15-43)21-28-7-5-27(6-8-28)20-47-36-19-32-30(16-35(36)45)22-51(42(32)54)37-12-13-39(52)48-41(37)53/h4,9-11,16-20,27-28,37H,5-8,12-15,21-22H2,1-3H3,(H,48,52,53)/b47-20+. The van der Waals surface area contributed by atoms with Gasteiger partial charge in [0.1, 0.15) is 17.6 Å². The molecule has 0 spiro atoms. The Balaban J connectivity index is 0.992. The van der Waals surface area contributed by atoms with Crippen LogP contribution >= 0.6 is 11.6 Å². The second-order valence-corrected chi connectivity index (χ2v) is 16.0. The van der Waals surface area contributed by atoms with Gasteiger partial charge in [-0.3, -0.25) is 24.7 Å². The van der Waals surface area contributed by atoms with E-state index in [1.54, 1.807) is 0 Å². The second kappa shape index (κ2) is 14.4. The number of halogens is 2. The van der Waals surface area contributed by atoms with E-state index in [4.69, 9.17) is 16.1 Å². The summed E-state index contributed by atoms with van der Waals surface area (Å²) in [6.07, 6.45) is 7.47. The Morgan fingerprint density at radius 3 is 2.53 bits per heavy atom. The zero-order valence-electron chi connectivity index (χ0n) is 31.1.